The van der Waals surface area contributed by atoms with Crippen molar-refractivity contribution in [3.8, 4) is 18.2 Å². The van der Waals surface area contributed by atoms with E-state index in [1.54, 1.807) is 0 Å². The van der Waals surface area contributed by atoms with Crippen LogP contribution in [0.2, 0.25) is 0 Å². The molecule has 3 rings (SSSR count). The van der Waals surface area contributed by atoms with E-state index in [4.69, 9.17) is 21.6 Å². The van der Waals surface area contributed by atoms with Crippen LogP contribution in [0.25, 0.3) is 11.9 Å². The third kappa shape index (κ3) is 4.80. The van der Waals surface area contributed by atoms with Crippen molar-refractivity contribution in [3.63, 3.8) is 0 Å². The van der Waals surface area contributed by atoms with E-state index in [0.717, 1.165) is 25.3 Å². The van der Waals surface area contributed by atoms with Gasteiger partial charge in [0.2, 0.25) is 11.5 Å². The van der Waals surface area contributed by atoms with E-state index >= 15 is 0 Å². The third-order valence-electron chi connectivity index (χ3n) is 5.08. The molecule has 1 aromatic carbocycles. The van der Waals surface area contributed by atoms with E-state index in [0.29, 0.717) is 0 Å². The molecular weight excluding hydrogens is 447 g/mol. The average Bonchev–Trinajstić information content (AvgIpc) is 2.76. The molecule has 0 radical (unpaired) electrons. The first-order valence-corrected chi connectivity index (χ1v) is 9.52. The maximum Gasteiger partial charge on any atom is 0.424 e. The molecule has 2 atom stereocenters. The minimum absolute atomic E-state index is 0.0255. The zero-order valence-electron chi connectivity index (χ0n) is 17.6. The van der Waals surface area contributed by atoms with Crippen LogP contribution >= 0.6 is 0 Å². The number of aromatic nitrogens is 2. The van der Waals surface area contributed by atoms with Gasteiger partial charge in [-0.1, -0.05) is 12.0 Å². The molecule has 174 valence electrons. The molecule has 0 fully saturated rings. The average molecular weight is 466 g/mol. The van der Waals surface area contributed by atoms with Gasteiger partial charge in [0.25, 0.3) is 0 Å². The Hall–Kier alpha value is -3.52. The largest absolute Gasteiger partial charge is 0.463 e. The Labute approximate surface area is 186 Å². The van der Waals surface area contributed by atoms with Crippen LogP contribution in [-0.4, -0.2) is 40.8 Å². The number of amidine groups is 1. The molecule has 0 saturated carbocycles. The molecule has 1 aliphatic rings. The Morgan fingerprint density at radius 3 is 2.61 bits per heavy atom. The molecule has 2 aromatic rings. The van der Waals surface area contributed by atoms with Crippen molar-refractivity contribution in [3.05, 3.63) is 53.2 Å². The summed E-state index contributed by atoms with van der Waals surface area (Å²) in [4.78, 5) is 11.7. The summed E-state index contributed by atoms with van der Waals surface area (Å²) in [7, 11) is 0. The van der Waals surface area contributed by atoms with Crippen LogP contribution in [0.15, 0.2) is 35.6 Å². The lowest BCUT2D eigenvalue weighted by molar-refractivity contribution is -0.249. The van der Waals surface area contributed by atoms with Gasteiger partial charge < -0.3 is 15.2 Å². The highest BCUT2D eigenvalue weighted by molar-refractivity contribution is 5.90. The summed E-state index contributed by atoms with van der Waals surface area (Å²) in [5.74, 6) is -0.0252. The van der Waals surface area contributed by atoms with E-state index in [1.807, 2.05) is 0 Å². The fourth-order valence-corrected chi connectivity index (χ4v) is 3.02. The van der Waals surface area contributed by atoms with E-state index in [1.165, 1.54) is 25.3 Å². The number of ether oxygens (including phenoxy) is 2. The van der Waals surface area contributed by atoms with E-state index in [2.05, 4.69) is 20.9 Å². The summed E-state index contributed by atoms with van der Waals surface area (Å²) in [6, 6.07) is 3.59. The standard InChI is InChI=1S/C22H19F5N4O2/c1-4-7-32-18-11-29-17(10-30-18)16(24)9-13-5-6-15(23)14(8-13)20(2)12-33-21(3,19(28)31-20)22(25,26)27/h1,5-6,8-11H,7,12H2,2-3H3,(H2,28,31)/b16-9-/t20-,21-/m1/s1. The van der Waals surface area contributed by atoms with Gasteiger partial charge in [-0.05, 0) is 37.6 Å². The van der Waals surface area contributed by atoms with Gasteiger partial charge in [-0.2, -0.15) is 13.2 Å². The predicted molar refractivity (Wildman–Crippen MR) is 111 cm³/mol. The van der Waals surface area contributed by atoms with Crippen LogP contribution in [-0.2, 0) is 10.3 Å². The van der Waals surface area contributed by atoms with Crippen LogP contribution in [0, 0.1) is 18.2 Å². The van der Waals surface area contributed by atoms with Crippen molar-refractivity contribution in [2.24, 2.45) is 10.7 Å². The van der Waals surface area contributed by atoms with Crippen LogP contribution in [0.4, 0.5) is 22.0 Å². The van der Waals surface area contributed by atoms with Crippen LogP contribution in [0.5, 0.6) is 5.88 Å². The molecular formula is C22H19F5N4O2. The zero-order valence-corrected chi connectivity index (χ0v) is 17.6. The molecule has 11 heteroatoms. The maximum absolute atomic E-state index is 14.7. The van der Waals surface area contributed by atoms with E-state index in [9.17, 15) is 22.0 Å². The quantitative estimate of drug-likeness (QED) is 0.532. The second-order valence-corrected chi connectivity index (χ2v) is 7.55. The minimum atomic E-state index is -4.81. The third-order valence-corrected chi connectivity index (χ3v) is 5.08. The fraction of sp³-hybridized carbons (Fsp3) is 0.318. The zero-order chi connectivity index (χ0) is 24.4. The fourth-order valence-electron chi connectivity index (χ4n) is 3.02. The molecule has 1 aromatic heterocycles. The lowest BCUT2D eigenvalue weighted by atomic mass is 9.88. The molecule has 0 saturated heterocycles. The highest BCUT2D eigenvalue weighted by Crippen LogP contribution is 2.41. The SMILES string of the molecule is C#CCOc1cnc(/C(F)=C/c2ccc(F)c([C@@]3(C)CO[C@@](C)(C(F)(F)F)C(N)=N3)c2)cn1. The molecule has 0 amide bonds. The van der Waals surface area contributed by atoms with Crippen molar-refractivity contribution in [1.82, 2.24) is 9.97 Å². The Balaban J connectivity index is 1.92. The summed E-state index contributed by atoms with van der Waals surface area (Å²) in [6.07, 6.45) is 3.64. The summed E-state index contributed by atoms with van der Waals surface area (Å²) < 4.78 is 79.3. The van der Waals surface area contributed by atoms with Gasteiger partial charge in [0.15, 0.2) is 12.4 Å². The number of hydrogen-bond donors (Lipinski definition) is 1. The monoisotopic (exact) mass is 466 g/mol. The molecule has 2 heterocycles. The molecule has 0 unspecified atom stereocenters. The molecule has 0 spiro atoms. The summed E-state index contributed by atoms with van der Waals surface area (Å²) in [5.41, 5.74) is 1.20. The molecule has 6 nitrogen and oxygen atoms in total. The molecule has 33 heavy (non-hydrogen) atoms. The number of aliphatic imine (C=N–C) groups is 1. The van der Waals surface area contributed by atoms with Crippen molar-refractivity contribution >= 4 is 17.7 Å². The number of halogens is 5. The van der Waals surface area contributed by atoms with Gasteiger partial charge in [0.05, 0.1) is 19.0 Å². The number of alkyl halides is 3. The minimum Gasteiger partial charge on any atom is -0.463 e. The molecule has 0 aliphatic carbocycles. The Kier molecular flexibility index (Phi) is 6.42. The number of nitrogens with zero attached hydrogens (tertiary/aromatic N) is 3. The van der Waals surface area contributed by atoms with Gasteiger partial charge in [-0.15, -0.1) is 6.42 Å². The van der Waals surface area contributed by atoms with Gasteiger partial charge in [0, 0.05) is 5.56 Å². The van der Waals surface area contributed by atoms with E-state index in [-0.39, 0.29) is 29.3 Å². The molecule has 2 N–H and O–H groups in total. The van der Waals surface area contributed by atoms with Crippen molar-refractivity contribution < 1.29 is 31.4 Å². The van der Waals surface area contributed by atoms with Crippen molar-refractivity contribution in [2.75, 3.05) is 13.2 Å². The normalized spacial score (nSPS) is 23.6. The summed E-state index contributed by atoms with van der Waals surface area (Å²) >= 11 is 0. The second-order valence-electron chi connectivity index (χ2n) is 7.55. The Morgan fingerprint density at radius 1 is 1.30 bits per heavy atom. The smallest absolute Gasteiger partial charge is 0.424 e. The first kappa shape index (κ1) is 24.1. The number of terminal acetylenes is 1. The Morgan fingerprint density at radius 2 is 2.03 bits per heavy atom. The van der Waals surface area contributed by atoms with Crippen molar-refractivity contribution in [1.29, 1.82) is 0 Å². The number of hydrogen-bond acceptors (Lipinski definition) is 6. The van der Waals surface area contributed by atoms with Gasteiger partial charge in [-0.25, -0.2) is 18.7 Å². The van der Waals surface area contributed by atoms with Crippen molar-refractivity contribution in [2.45, 2.75) is 31.2 Å². The highest BCUT2D eigenvalue weighted by Gasteiger charge is 2.59. The lowest BCUT2D eigenvalue weighted by Crippen LogP contribution is -2.60. The van der Waals surface area contributed by atoms with Gasteiger partial charge in [0.1, 0.15) is 22.9 Å². The topological polar surface area (TPSA) is 82.6 Å². The first-order chi connectivity index (χ1) is 15.4. The van der Waals surface area contributed by atoms with Gasteiger partial charge >= 0.3 is 6.18 Å². The van der Waals surface area contributed by atoms with Gasteiger partial charge in [-0.3, -0.25) is 4.99 Å². The second kappa shape index (κ2) is 8.78. The number of rotatable bonds is 5. The lowest BCUT2D eigenvalue weighted by Gasteiger charge is -2.41. The number of nitrogens with two attached hydrogens (primary N) is 1. The summed E-state index contributed by atoms with van der Waals surface area (Å²) in [5, 5.41) is 0. The Bertz CT molecular complexity index is 1140. The van der Waals surface area contributed by atoms with Crippen LogP contribution in [0.3, 0.4) is 0 Å². The molecule has 0 bridgehead atoms. The van der Waals surface area contributed by atoms with Crippen LogP contribution < -0.4 is 10.5 Å². The predicted octanol–water partition coefficient (Wildman–Crippen LogP) is 4.02. The summed E-state index contributed by atoms with van der Waals surface area (Å²) in [6.45, 7) is 1.50. The highest BCUT2D eigenvalue weighted by atomic mass is 19.4. The molecule has 1 aliphatic heterocycles. The van der Waals surface area contributed by atoms with E-state index < -0.39 is 41.4 Å². The maximum atomic E-state index is 14.7. The first-order valence-electron chi connectivity index (χ1n) is 9.52. The number of benzene rings is 1. The van der Waals surface area contributed by atoms with Crippen LogP contribution in [0.1, 0.15) is 30.7 Å².